The number of hydrogen-bond donors (Lipinski definition) is 0. The SMILES string of the molecule is CC[N+](C)(CC)CCOc1ccc(/C=C/c2ccccc2)cc1. The van der Waals surface area contributed by atoms with Gasteiger partial charge < -0.3 is 9.22 Å². The Labute approximate surface area is 140 Å². The molecule has 0 saturated carbocycles. The number of ether oxygens (including phenoxy) is 1. The number of quaternary nitrogens is 1. The number of rotatable bonds is 8. The Kier molecular flexibility index (Phi) is 6.42. The zero-order valence-electron chi connectivity index (χ0n) is 14.5. The fourth-order valence-electron chi connectivity index (χ4n) is 2.36. The van der Waals surface area contributed by atoms with Gasteiger partial charge in [-0.1, -0.05) is 54.6 Å². The molecule has 0 saturated heterocycles. The van der Waals surface area contributed by atoms with Gasteiger partial charge in [0, 0.05) is 0 Å². The lowest BCUT2D eigenvalue weighted by Gasteiger charge is -2.31. The number of hydrogen-bond acceptors (Lipinski definition) is 1. The minimum absolute atomic E-state index is 0.761. The molecule has 0 radical (unpaired) electrons. The van der Waals surface area contributed by atoms with Crippen molar-refractivity contribution in [2.24, 2.45) is 0 Å². The van der Waals surface area contributed by atoms with Gasteiger partial charge in [0.15, 0.2) is 0 Å². The molecule has 122 valence electrons. The molecular formula is C21H28NO+. The molecule has 2 heteroatoms. The molecule has 0 fully saturated rings. The average molecular weight is 310 g/mol. The Bertz CT molecular complexity index is 597. The van der Waals surface area contributed by atoms with Gasteiger partial charge in [0.2, 0.25) is 0 Å². The summed E-state index contributed by atoms with van der Waals surface area (Å²) in [6, 6.07) is 18.6. The lowest BCUT2D eigenvalue weighted by atomic mass is 10.1. The molecule has 0 atom stereocenters. The molecule has 2 nitrogen and oxygen atoms in total. The van der Waals surface area contributed by atoms with Gasteiger partial charge in [-0.05, 0) is 37.1 Å². The molecule has 23 heavy (non-hydrogen) atoms. The topological polar surface area (TPSA) is 9.23 Å². The van der Waals surface area contributed by atoms with Crippen LogP contribution in [0.4, 0.5) is 0 Å². The van der Waals surface area contributed by atoms with E-state index in [1.165, 1.54) is 11.1 Å². The third-order valence-electron chi connectivity index (χ3n) is 4.57. The predicted octanol–water partition coefficient (Wildman–Crippen LogP) is 4.72. The van der Waals surface area contributed by atoms with Crippen molar-refractivity contribution in [3.8, 4) is 5.75 Å². The normalized spacial score (nSPS) is 11.8. The van der Waals surface area contributed by atoms with Crippen molar-refractivity contribution in [2.75, 3.05) is 33.3 Å². The van der Waals surface area contributed by atoms with Crippen molar-refractivity contribution in [1.29, 1.82) is 0 Å². The smallest absolute Gasteiger partial charge is 0.137 e. The van der Waals surface area contributed by atoms with Crippen LogP contribution in [0.25, 0.3) is 12.2 Å². The first-order valence-corrected chi connectivity index (χ1v) is 8.45. The van der Waals surface area contributed by atoms with E-state index >= 15 is 0 Å². The van der Waals surface area contributed by atoms with E-state index in [-0.39, 0.29) is 0 Å². The van der Waals surface area contributed by atoms with Crippen LogP contribution in [0.2, 0.25) is 0 Å². The largest absolute Gasteiger partial charge is 0.488 e. The van der Waals surface area contributed by atoms with Crippen LogP contribution >= 0.6 is 0 Å². The summed E-state index contributed by atoms with van der Waals surface area (Å²) in [6.07, 6.45) is 4.25. The van der Waals surface area contributed by atoms with Crippen molar-refractivity contribution >= 4 is 12.2 Å². The van der Waals surface area contributed by atoms with Crippen molar-refractivity contribution < 1.29 is 9.22 Å². The predicted molar refractivity (Wildman–Crippen MR) is 99.4 cm³/mol. The fourth-order valence-corrected chi connectivity index (χ4v) is 2.36. The van der Waals surface area contributed by atoms with E-state index in [2.05, 4.69) is 69.4 Å². The van der Waals surface area contributed by atoms with Gasteiger partial charge in [0.25, 0.3) is 0 Å². The molecule has 0 amide bonds. The lowest BCUT2D eigenvalue weighted by molar-refractivity contribution is -0.906. The highest BCUT2D eigenvalue weighted by molar-refractivity contribution is 5.69. The highest BCUT2D eigenvalue weighted by Crippen LogP contribution is 2.15. The third-order valence-corrected chi connectivity index (χ3v) is 4.57. The molecule has 2 rings (SSSR count). The van der Waals surface area contributed by atoms with E-state index < -0.39 is 0 Å². The molecule has 0 N–H and O–H groups in total. The van der Waals surface area contributed by atoms with Gasteiger partial charge in [-0.3, -0.25) is 0 Å². The first-order chi connectivity index (χ1) is 11.1. The first-order valence-electron chi connectivity index (χ1n) is 8.45. The molecular weight excluding hydrogens is 282 g/mol. The van der Waals surface area contributed by atoms with Crippen molar-refractivity contribution in [1.82, 2.24) is 0 Å². The van der Waals surface area contributed by atoms with Gasteiger partial charge in [-0.15, -0.1) is 0 Å². The second kappa shape index (κ2) is 8.54. The number of likely N-dealkylation sites (N-methyl/N-ethyl adjacent to an activating group) is 1. The number of benzene rings is 2. The summed E-state index contributed by atoms with van der Waals surface area (Å²) in [5, 5.41) is 0. The highest BCUT2D eigenvalue weighted by atomic mass is 16.5. The van der Waals surface area contributed by atoms with Crippen LogP contribution in [-0.4, -0.2) is 37.8 Å². The molecule has 0 unspecified atom stereocenters. The monoisotopic (exact) mass is 310 g/mol. The molecule has 0 aliphatic carbocycles. The number of nitrogens with zero attached hydrogens (tertiary/aromatic N) is 1. The van der Waals surface area contributed by atoms with Crippen LogP contribution in [0.3, 0.4) is 0 Å². The first kappa shape index (κ1) is 17.3. The second-order valence-corrected chi connectivity index (χ2v) is 6.14. The van der Waals surface area contributed by atoms with E-state index in [4.69, 9.17) is 4.74 Å². The molecule has 0 spiro atoms. The van der Waals surface area contributed by atoms with E-state index in [1.54, 1.807) is 0 Å². The molecule has 2 aromatic carbocycles. The van der Waals surface area contributed by atoms with Crippen LogP contribution in [-0.2, 0) is 0 Å². The lowest BCUT2D eigenvalue weighted by Crippen LogP contribution is -2.46. The molecule has 0 aliphatic rings. The van der Waals surface area contributed by atoms with Crippen LogP contribution in [0, 0.1) is 0 Å². The maximum Gasteiger partial charge on any atom is 0.137 e. The minimum atomic E-state index is 0.761. The third kappa shape index (κ3) is 5.57. The summed E-state index contributed by atoms with van der Waals surface area (Å²) in [6.45, 7) is 8.56. The maximum absolute atomic E-state index is 5.88. The quantitative estimate of drug-likeness (QED) is 0.506. The Morgan fingerprint density at radius 3 is 1.96 bits per heavy atom. The summed E-state index contributed by atoms with van der Waals surface area (Å²) in [5.74, 6) is 0.945. The Hall–Kier alpha value is -2.06. The van der Waals surface area contributed by atoms with E-state index in [1.807, 2.05) is 18.2 Å². The van der Waals surface area contributed by atoms with Gasteiger partial charge in [0.05, 0.1) is 20.1 Å². The van der Waals surface area contributed by atoms with Gasteiger partial charge in [0.1, 0.15) is 18.9 Å². The maximum atomic E-state index is 5.88. The zero-order valence-corrected chi connectivity index (χ0v) is 14.5. The van der Waals surface area contributed by atoms with Crippen LogP contribution < -0.4 is 4.74 Å². The fraction of sp³-hybridized carbons (Fsp3) is 0.333. The van der Waals surface area contributed by atoms with E-state index in [9.17, 15) is 0 Å². The Morgan fingerprint density at radius 1 is 0.826 bits per heavy atom. The Balaban J connectivity index is 1.86. The van der Waals surface area contributed by atoms with E-state index in [0.717, 1.165) is 36.5 Å². The van der Waals surface area contributed by atoms with E-state index in [0.29, 0.717) is 0 Å². The van der Waals surface area contributed by atoms with Crippen LogP contribution in [0.15, 0.2) is 54.6 Å². The molecule has 0 aromatic heterocycles. The Morgan fingerprint density at radius 2 is 1.39 bits per heavy atom. The average Bonchev–Trinajstić information content (AvgIpc) is 2.62. The van der Waals surface area contributed by atoms with Crippen LogP contribution in [0.5, 0.6) is 5.75 Å². The molecule has 0 aliphatic heterocycles. The standard InChI is InChI=1S/C21H28NO/c1-4-22(3,5-2)17-18-23-21-15-13-20(14-16-21)12-11-19-9-7-6-8-10-19/h6-16H,4-5,17-18H2,1-3H3/q+1/b12-11+. The zero-order chi connectivity index (χ0) is 16.5. The van der Waals surface area contributed by atoms with Crippen molar-refractivity contribution in [3.63, 3.8) is 0 Å². The summed E-state index contributed by atoms with van der Waals surface area (Å²) >= 11 is 0. The van der Waals surface area contributed by atoms with Crippen molar-refractivity contribution in [2.45, 2.75) is 13.8 Å². The van der Waals surface area contributed by atoms with Crippen molar-refractivity contribution in [3.05, 3.63) is 65.7 Å². The highest BCUT2D eigenvalue weighted by Gasteiger charge is 2.15. The summed E-state index contributed by atoms with van der Waals surface area (Å²) in [7, 11) is 2.28. The summed E-state index contributed by atoms with van der Waals surface area (Å²) in [4.78, 5) is 0. The van der Waals surface area contributed by atoms with Gasteiger partial charge >= 0.3 is 0 Å². The molecule has 2 aromatic rings. The summed E-state index contributed by atoms with van der Waals surface area (Å²) < 4.78 is 6.94. The minimum Gasteiger partial charge on any atom is -0.488 e. The summed E-state index contributed by atoms with van der Waals surface area (Å²) in [5.41, 5.74) is 2.40. The van der Waals surface area contributed by atoms with Gasteiger partial charge in [-0.2, -0.15) is 0 Å². The van der Waals surface area contributed by atoms with Gasteiger partial charge in [-0.25, -0.2) is 0 Å². The molecule has 0 heterocycles. The van der Waals surface area contributed by atoms with Crippen LogP contribution in [0.1, 0.15) is 25.0 Å². The molecule has 0 bridgehead atoms. The second-order valence-electron chi connectivity index (χ2n) is 6.14.